The molecule has 2 heterocycles. The molecule has 13 heavy (non-hydrogen) atoms. The fourth-order valence-electron chi connectivity index (χ4n) is 1.07. The van der Waals surface area contributed by atoms with Gasteiger partial charge in [-0.25, -0.2) is 0 Å². The maximum atomic E-state index is 5.44. The first kappa shape index (κ1) is 10.8. The van der Waals surface area contributed by atoms with E-state index in [2.05, 4.69) is 24.2 Å². The fourth-order valence-corrected chi connectivity index (χ4v) is 1.63. The summed E-state index contributed by atoms with van der Waals surface area (Å²) in [5, 5.41) is 5.08. The van der Waals surface area contributed by atoms with E-state index in [9.17, 15) is 0 Å². The van der Waals surface area contributed by atoms with E-state index in [4.69, 9.17) is 4.74 Å². The van der Waals surface area contributed by atoms with Crippen LogP contribution in [0, 0.1) is 5.38 Å². The Morgan fingerprint density at radius 3 is 2.85 bits per heavy atom. The van der Waals surface area contributed by atoms with E-state index in [0.717, 1.165) is 11.5 Å². The van der Waals surface area contributed by atoms with Gasteiger partial charge in [0.05, 0.1) is 5.54 Å². The minimum absolute atomic E-state index is 0. The SMILES string of the molecule is CC1(C)COC(c2[c-]scc2)=N1.[Li+]. The van der Waals surface area contributed by atoms with Crippen LogP contribution in [0.2, 0.25) is 0 Å². The number of thiophene rings is 1. The smallest absolute Gasteiger partial charge is 0.518 e. The molecule has 0 aromatic carbocycles. The van der Waals surface area contributed by atoms with Crippen molar-refractivity contribution in [2.75, 3.05) is 6.61 Å². The van der Waals surface area contributed by atoms with Gasteiger partial charge in [-0.05, 0) is 13.8 Å². The molecule has 1 aromatic heterocycles. The van der Waals surface area contributed by atoms with Gasteiger partial charge in [-0.15, -0.1) is 5.38 Å². The minimum atomic E-state index is -0.0644. The molecule has 0 saturated carbocycles. The van der Waals surface area contributed by atoms with Crippen LogP contribution in [0.25, 0.3) is 0 Å². The van der Waals surface area contributed by atoms with Crippen LogP contribution >= 0.6 is 11.3 Å². The Balaban J connectivity index is 0.000000845. The Morgan fingerprint density at radius 2 is 2.38 bits per heavy atom. The van der Waals surface area contributed by atoms with Crippen molar-refractivity contribution >= 4 is 17.2 Å². The van der Waals surface area contributed by atoms with Gasteiger partial charge in [-0.2, -0.15) is 6.07 Å². The topological polar surface area (TPSA) is 21.6 Å². The molecule has 0 spiro atoms. The van der Waals surface area contributed by atoms with Crippen molar-refractivity contribution in [3.63, 3.8) is 0 Å². The van der Waals surface area contributed by atoms with Gasteiger partial charge >= 0.3 is 18.9 Å². The normalized spacial score (nSPS) is 18.8. The molecule has 1 aliphatic heterocycles. The molecule has 1 aliphatic rings. The van der Waals surface area contributed by atoms with E-state index in [1.807, 2.05) is 11.4 Å². The number of aliphatic imine (C=N–C) groups is 1. The maximum Gasteiger partial charge on any atom is 1.00 e. The number of hydrogen-bond acceptors (Lipinski definition) is 3. The molecule has 0 atom stereocenters. The molecule has 0 fully saturated rings. The Bertz CT molecular complexity index is 305. The van der Waals surface area contributed by atoms with Crippen molar-refractivity contribution in [1.82, 2.24) is 0 Å². The average Bonchev–Trinajstić information content (AvgIpc) is 2.55. The van der Waals surface area contributed by atoms with Gasteiger partial charge in [-0.1, -0.05) is 10.9 Å². The van der Waals surface area contributed by atoms with E-state index < -0.39 is 0 Å². The van der Waals surface area contributed by atoms with Crippen molar-refractivity contribution in [2.24, 2.45) is 4.99 Å². The molecule has 0 N–H and O–H groups in total. The van der Waals surface area contributed by atoms with Crippen LogP contribution in [0.1, 0.15) is 19.4 Å². The first-order valence-electron chi connectivity index (χ1n) is 3.86. The molecule has 0 aliphatic carbocycles. The number of nitrogens with zero attached hydrogens (tertiary/aromatic N) is 1. The van der Waals surface area contributed by atoms with Gasteiger partial charge in [-0.3, -0.25) is 16.3 Å². The molecule has 0 unspecified atom stereocenters. The fraction of sp³-hybridized carbons (Fsp3) is 0.444. The predicted molar refractivity (Wildman–Crippen MR) is 49.7 cm³/mol. The van der Waals surface area contributed by atoms with Gasteiger partial charge in [0.2, 0.25) is 0 Å². The summed E-state index contributed by atoms with van der Waals surface area (Å²) in [6.45, 7) is 4.80. The summed E-state index contributed by atoms with van der Waals surface area (Å²) >= 11 is 1.54. The summed E-state index contributed by atoms with van der Waals surface area (Å²) < 4.78 is 5.44. The van der Waals surface area contributed by atoms with E-state index >= 15 is 0 Å². The van der Waals surface area contributed by atoms with Crippen LogP contribution in [0.15, 0.2) is 16.4 Å². The largest absolute Gasteiger partial charge is 1.00 e. The van der Waals surface area contributed by atoms with E-state index in [1.54, 1.807) is 11.3 Å². The van der Waals surface area contributed by atoms with Gasteiger partial charge in [0, 0.05) is 0 Å². The quantitative estimate of drug-likeness (QED) is 0.413. The summed E-state index contributed by atoms with van der Waals surface area (Å²) in [5.41, 5.74) is 0.913. The predicted octanol–water partition coefficient (Wildman–Crippen LogP) is -0.892. The molecular formula is C9H10LiNOS. The van der Waals surface area contributed by atoms with E-state index in [1.165, 1.54) is 0 Å². The van der Waals surface area contributed by atoms with Gasteiger partial charge < -0.3 is 4.74 Å². The van der Waals surface area contributed by atoms with Crippen LogP contribution in [0.5, 0.6) is 0 Å². The summed E-state index contributed by atoms with van der Waals surface area (Å²) in [7, 11) is 0. The van der Waals surface area contributed by atoms with Crippen LogP contribution in [0.3, 0.4) is 0 Å². The van der Waals surface area contributed by atoms with Crippen LogP contribution in [-0.2, 0) is 4.74 Å². The van der Waals surface area contributed by atoms with Crippen molar-refractivity contribution in [1.29, 1.82) is 0 Å². The standard InChI is InChI=1S/C9H10NOS.Li/c1-9(2)6-11-8(10-9)7-3-4-12-5-7;/h3-4H,6H2,1-2H3;/q-1;+1. The van der Waals surface area contributed by atoms with Gasteiger partial charge in [0.15, 0.2) is 0 Å². The maximum absolute atomic E-state index is 5.44. The third-order valence-electron chi connectivity index (χ3n) is 1.67. The van der Waals surface area contributed by atoms with Crippen LogP contribution in [-0.4, -0.2) is 18.0 Å². The average molecular weight is 187 g/mol. The monoisotopic (exact) mass is 187 g/mol. The first-order valence-corrected chi connectivity index (χ1v) is 4.74. The van der Waals surface area contributed by atoms with Crippen molar-refractivity contribution in [3.8, 4) is 0 Å². The molecule has 64 valence electrons. The van der Waals surface area contributed by atoms with E-state index in [-0.39, 0.29) is 24.4 Å². The second-order valence-electron chi connectivity index (χ2n) is 3.45. The Hall–Kier alpha value is -0.233. The summed E-state index contributed by atoms with van der Waals surface area (Å²) in [6.07, 6.45) is 0. The second-order valence-corrected chi connectivity index (χ2v) is 4.17. The third kappa shape index (κ3) is 2.37. The van der Waals surface area contributed by atoms with Crippen LogP contribution < -0.4 is 18.9 Å². The number of rotatable bonds is 1. The van der Waals surface area contributed by atoms with Crippen LogP contribution in [0.4, 0.5) is 0 Å². The van der Waals surface area contributed by atoms with Gasteiger partial charge in [0.25, 0.3) is 0 Å². The molecule has 1 aromatic rings. The molecular weight excluding hydrogens is 177 g/mol. The first-order chi connectivity index (χ1) is 5.67. The zero-order chi connectivity index (χ0) is 8.60. The van der Waals surface area contributed by atoms with E-state index in [0.29, 0.717) is 6.61 Å². The molecule has 0 amide bonds. The van der Waals surface area contributed by atoms with Crippen molar-refractivity contribution in [2.45, 2.75) is 19.4 Å². The Labute approximate surface area is 94.2 Å². The second kappa shape index (κ2) is 3.87. The number of hydrogen-bond donors (Lipinski definition) is 0. The van der Waals surface area contributed by atoms with Crippen molar-refractivity contribution in [3.05, 3.63) is 22.4 Å². The molecule has 2 rings (SSSR count). The molecule has 0 saturated heterocycles. The zero-order valence-corrected chi connectivity index (χ0v) is 8.94. The molecule has 0 bridgehead atoms. The molecule has 4 heteroatoms. The van der Waals surface area contributed by atoms with Crippen molar-refractivity contribution < 1.29 is 23.6 Å². The summed E-state index contributed by atoms with van der Waals surface area (Å²) in [6, 6.07) is 1.98. The summed E-state index contributed by atoms with van der Waals surface area (Å²) in [5.74, 6) is 0.737. The Morgan fingerprint density at radius 1 is 1.62 bits per heavy atom. The van der Waals surface area contributed by atoms with Gasteiger partial charge in [0.1, 0.15) is 12.5 Å². The number of ether oxygens (including phenoxy) is 1. The minimum Gasteiger partial charge on any atom is -0.518 e. The Kier molecular flexibility index (Phi) is 3.23. The third-order valence-corrected chi connectivity index (χ3v) is 2.28. The zero-order valence-electron chi connectivity index (χ0n) is 8.13. The summed E-state index contributed by atoms with van der Waals surface area (Å²) in [4.78, 5) is 4.43. The molecule has 2 nitrogen and oxygen atoms in total. The molecule has 0 radical (unpaired) electrons.